The molecule has 0 aliphatic rings. The minimum absolute atomic E-state index is 0.0598. The summed E-state index contributed by atoms with van der Waals surface area (Å²) in [5.74, 6) is -1.67. The number of rotatable bonds is 8. The maximum atomic E-state index is 13.4. The number of methoxy groups -OCH3 is 2. The van der Waals surface area contributed by atoms with Crippen LogP contribution >= 0.6 is 0 Å². The van der Waals surface area contributed by atoms with Gasteiger partial charge in [-0.05, 0) is 47.5 Å². The number of phenols is 2. The predicted octanol–water partition coefficient (Wildman–Crippen LogP) is 4.12. The van der Waals surface area contributed by atoms with Crippen LogP contribution < -0.4 is 10.2 Å². The van der Waals surface area contributed by atoms with Gasteiger partial charge in [0.1, 0.15) is 29.1 Å². The third-order valence-corrected chi connectivity index (χ3v) is 5.93. The molecule has 37 heavy (non-hydrogen) atoms. The predicted molar refractivity (Wildman–Crippen MR) is 134 cm³/mol. The maximum Gasteiger partial charge on any atom is 0.343 e. The average molecular weight is 504 g/mol. The van der Waals surface area contributed by atoms with Crippen LogP contribution in [0, 0.1) is 0 Å². The lowest BCUT2D eigenvalue weighted by Crippen LogP contribution is -2.14. The van der Waals surface area contributed by atoms with E-state index in [-0.39, 0.29) is 52.1 Å². The van der Waals surface area contributed by atoms with Crippen molar-refractivity contribution in [2.45, 2.75) is 12.3 Å². The van der Waals surface area contributed by atoms with Gasteiger partial charge in [-0.15, -0.1) is 0 Å². The number of hydrogen-bond donors (Lipinski definition) is 2. The molecule has 190 valence electrons. The highest BCUT2D eigenvalue weighted by atomic mass is 16.6. The zero-order chi connectivity index (χ0) is 26.5. The first-order valence-electron chi connectivity index (χ1n) is 11.3. The monoisotopic (exact) mass is 504 g/mol. The summed E-state index contributed by atoms with van der Waals surface area (Å²) in [5, 5.41) is 20.6. The Morgan fingerprint density at radius 2 is 1.68 bits per heavy atom. The molecule has 1 heterocycles. The number of carbonyl (C=O) groups excluding carboxylic acids is 2. The molecule has 4 rings (SSSR count). The molecule has 4 aromatic rings. The van der Waals surface area contributed by atoms with E-state index in [1.807, 2.05) is 0 Å². The van der Waals surface area contributed by atoms with Crippen LogP contribution in [0.3, 0.4) is 0 Å². The SMILES string of the molecule is COC(=O)COc1cccc([C@@H](CC(=O)OC)c2c(O)ccc3c(=O)c(-c4ccc(O)cc4)coc23)c1. The Morgan fingerprint density at radius 1 is 0.946 bits per heavy atom. The summed E-state index contributed by atoms with van der Waals surface area (Å²) in [4.78, 5) is 37.2. The molecule has 0 radical (unpaired) electrons. The molecular weight excluding hydrogens is 480 g/mol. The Balaban J connectivity index is 1.85. The number of fused-ring (bicyclic) bond motifs is 1. The van der Waals surface area contributed by atoms with E-state index in [9.17, 15) is 24.6 Å². The van der Waals surface area contributed by atoms with Crippen molar-refractivity contribution >= 4 is 22.9 Å². The summed E-state index contributed by atoms with van der Waals surface area (Å²) in [5.41, 5.74) is 1.36. The highest BCUT2D eigenvalue weighted by molar-refractivity contribution is 5.87. The topological polar surface area (TPSA) is 132 Å². The summed E-state index contributed by atoms with van der Waals surface area (Å²) in [6.45, 7) is -0.309. The molecule has 3 aromatic carbocycles. The van der Waals surface area contributed by atoms with Gasteiger partial charge in [-0.2, -0.15) is 0 Å². The number of hydrogen-bond acceptors (Lipinski definition) is 9. The number of carbonyl (C=O) groups is 2. The summed E-state index contributed by atoms with van der Waals surface area (Å²) in [7, 11) is 2.50. The normalized spacial score (nSPS) is 11.6. The molecule has 0 amide bonds. The van der Waals surface area contributed by atoms with E-state index in [0.29, 0.717) is 16.9 Å². The zero-order valence-electron chi connectivity index (χ0n) is 20.1. The second kappa shape index (κ2) is 10.9. The third-order valence-electron chi connectivity index (χ3n) is 5.93. The van der Waals surface area contributed by atoms with E-state index >= 15 is 0 Å². The van der Waals surface area contributed by atoms with Crippen molar-refractivity contribution in [1.82, 2.24) is 0 Å². The Morgan fingerprint density at radius 3 is 2.38 bits per heavy atom. The van der Waals surface area contributed by atoms with E-state index < -0.39 is 17.9 Å². The van der Waals surface area contributed by atoms with Crippen molar-refractivity contribution in [2.75, 3.05) is 20.8 Å². The van der Waals surface area contributed by atoms with E-state index in [1.54, 1.807) is 36.4 Å². The van der Waals surface area contributed by atoms with E-state index in [0.717, 1.165) is 0 Å². The molecule has 0 saturated heterocycles. The molecule has 0 aliphatic heterocycles. The Kier molecular flexibility index (Phi) is 7.43. The first-order valence-corrected chi connectivity index (χ1v) is 11.3. The largest absolute Gasteiger partial charge is 0.508 e. The van der Waals surface area contributed by atoms with Gasteiger partial charge in [-0.25, -0.2) is 4.79 Å². The van der Waals surface area contributed by atoms with Crippen LogP contribution in [0.2, 0.25) is 0 Å². The number of benzene rings is 3. The summed E-state index contributed by atoms with van der Waals surface area (Å²) < 4.78 is 20.9. The third kappa shape index (κ3) is 5.40. The standard InChI is InChI=1S/C28H24O9/c1-34-24(31)13-21(17-4-3-5-19(12-17)36-15-25(32)35-2)26-23(30)11-10-20-27(33)22(14-37-28(20)26)16-6-8-18(29)9-7-16/h3-12,14,21,29-30H,13,15H2,1-2H3/t21-/m1/s1. The molecule has 0 fully saturated rings. The lowest BCUT2D eigenvalue weighted by Gasteiger charge is -2.20. The van der Waals surface area contributed by atoms with Crippen LogP contribution in [0.15, 0.2) is 76.1 Å². The highest BCUT2D eigenvalue weighted by Crippen LogP contribution is 2.40. The minimum Gasteiger partial charge on any atom is -0.508 e. The molecule has 0 bridgehead atoms. The quantitative estimate of drug-likeness (QED) is 0.340. The molecule has 1 atom stereocenters. The molecule has 2 N–H and O–H groups in total. The number of phenolic OH excluding ortho intramolecular Hbond substituents is 2. The lowest BCUT2D eigenvalue weighted by atomic mass is 9.86. The number of ether oxygens (including phenoxy) is 3. The minimum atomic E-state index is -0.777. The van der Waals surface area contributed by atoms with Gasteiger partial charge in [0.25, 0.3) is 0 Å². The fraction of sp³-hybridized carbons (Fsp3) is 0.179. The molecule has 9 heteroatoms. The second-order valence-electron chi connectivity index (χ2n) is 8.17. The first-order chi connectivity index (χ1) is 17.8. The van der Waals surface area contributed by atoms with Gasteiger partial charge < -0.3 is 28.8 Å². The molecule has 1 aromatic heterocycles. The van der Waals surface area contributed by atoms with Crippen molar-refractivity contribution in [3.63, 3.8) is 0 Å². The summed E-state index contributed by atoms with van der Waals surface area (Å²) in [6, 6.07) is 15.6. The van der Waals surface area contributed by atoms with Gasteiger partial charge in [0.2, 0.25) is 5.43 Å². The van der Waals surface area contributed by atoms with Crippen LogP contribution in [0.4, 0.5) is 0 Å². The summed E-state index contributed by atoms with van der Waals surface area (Å²) in [6.07, 6.45) is 1.11. The van der Waals surface area contributed by atoms with E-state index in [1.165, 1.54) is 44.7 Å². The Labute approximate surface area is 211 Å². The van der Waals surface area contributed by atoms with Crippen molar-refractivity contribution in [2.24, 2.45) is 0 Å². The second-order valence-corrected chi connectivity index (χ2v) is 8.17. The van der Waals surface area contributed by atoms with Crippen LogP contribution in [-0.2, 0) is 19.1 Å². The van der Waals surface area contributed by atoms with Gasteiger partial charge in [-0.1, -0.05) is 24.3 Å². The van der Waals surface area contributed by atoms with Gasteiger partial charge >= 0.3 is 11.9 Å². The molecule has 0 unspecified atom stereocenters. The smallest absolute Gasteiger partial charge is 0.343 e. The van der Waals surface area contributed by atoms with Crippen LogP contribution in [0.25, 0.3) is 22.1 Å². The molecular formula is C28H24O9. The van der Waals surface area contributed by atoms with E-state index in [2.05, 4.69) is 4.74 Å². The fourth-order valence-corrected chi connectivity index (χ4v) is 4.05. The zero-order valence-corrected chi connectivity index (χ0v) is 20.1. The molecule has 9 nitrogen and oxygen atoms in total. The molecule has 0 saturated carbocycles. The lowest BCUT2D eigenvalue weighted by molar-refractivity contribution is -0.143. The Hall–Kier alpha value is -4.79. The molecule has 0 spiro atoms. The Bertz CT molecular complexity index is 1500. The van der Waals surface area contributed by atoms with Gasteiger partial charge in [-0.3, -0.25) is 9.59 Å². The van der Waals surface area contributed by atoms with Crippen molar-refractivity contribution in [1.29, 1.82) is 0 Å². The van der Waals surface area contributed by atoms with Crippen LogP contribution in [0.5, 0.6) is 17.2 Å². The van der Waals surface area contributed by atoms with Crippen molar-refractivity contribution < 1.29 is 38.4 Å². The van der Waals surface area contributed by atoms with Gasteiger partial charge in [0.05, 0.1) is 31.6 Å². The summed E-state index contributed by atoms with van der Waals surface area (Å²) >= 11 is 0. The number of aromatic hydroxyl groups is 2. The average Bonchev–Trinajstić information content (AvgIpc) is 2.91. The van der Waals surface area contributed by atoms with Crippen LogP contribution in [0.1, 0.15) is 23.5 Å². The number of esters is 2. The van der Waals surface area contributed by atoms with Gasteiger partial charge in [0.15, 0.2) is 6.61 Å². The van der Waals surface area contributed by atoms with Gasteiger partial charge in [0, 0.05) is 11.5 Å². The van der Waals surface area contributed by atoms with Crippen molar-refractivity contribution in [3.05, 3.63) is 88.3 Å². The first kappa shape index (κ1) is 25.3. The fourth-order valence-electron chi connectivity index (χ4n) is 4.05. The molecule has 0 aliphatic carbocycles. The highest BCUT2D eigenvalue weighted by Gasteiger charge is 2.27. The maximum absolute atomic E-state index is 13.4. The van der Waals surface area contributed by atoms with Crippen LogP contribution in [-0.4, -0.2) is 43.0 Å². The van der Waals surface area contributed by atoms with Crippen molar-refractivity contribution in [3.8, 4) is 28.4 Å². The van der Waals surface area contributed by atoms with E-state index in [4.69, 9.17) is 13.9 Å².